The second kappa shape index (κ2) is 10.7. The lowest BCUT2D eigenvalue weighted by molar-refractivity contribution is 0.102. The van der Waals surface area contributed by atoms with Crippen molar-refractivity contribution in [2.45, 2.75) is 11.5 Å². The summed E-state index contributed by atoms with van der Waals surface area (Å²) in [4.78, 5) is 12.7. The number of hydrogen-bond donors (Lipinski definition) is 3. The molecule has 0 unspecified atom stereocenters. The summed E-state index contributed by atoms with van der Waals surface area (Å²) in [5.41, 5.74) is 1.67. The van der Waals surface area contributed by atoms with E-state index in [1.807, 2.05) is 0 Å². The number of methoxy groups -OCH3 is 1. The number of anilines is 1. The predicted molar refractivity (Wildman–Crippen MR) is 135 cm³/mol. The van der Waals surface area contributed by atoms with Crippen molar-refractivity contribution in [2.24, 2.45) is 5.14 Å². The number of aliphatic hydroxyl groups is 1. The first-order chi connectivity index (χ1) is 18.0. The number of amides is 1. The highest BCUT2D eigenvalue weighted by molar-refractivity contribution is 7.89. The molecule has 11 heteroatoms. The number of aliphatic hydroxyl groups excluding tert-OH is 1. The molecule has 4 aromatic carbocycles. The van der Waals surface area contributed by atoms with E-state index in [1.165, 1.54) is 43.5 Å². The zero-order chi connectivity index (χ0) is 27.6. The molecule has 0 saturated carbocycles. The van der Waals surface area contributed by atoms with Crippen molar-refractivity contribution >= 4 is 21.6 Å². The van der Waals surface area contributed by atoms with E-state index in [0.29, 0.717) is 16.7 Å². The van der Waals surface area contributed by atoms with Crippen LogP contribution in [0.3, 0.4) is 0 Å². The van der Waals surface area contributed by atoms with Crippen molar-refractivity contribution in [2.75, 3.05) is 12.4 Å². The van der Waals surface area contributed by atoms with Gasteiger partial charge in [-0.3, -0.25) is 4.79 Å². The standard InChI is InChI=1S/C27H21F3N2O5S/c1-37-23-13-17(7-11-24(23)38(31,35)36)32-27(34)15-6-8-18(16(12-15)14-33)19-4-2-3-5-20(19)21-9-10-22(28)26(30)25(21)29/h2-13,33H,14H2,1H3,(H,32,34)(H2,31,35,36). The van der Waals surface area contributed by atoms with Crippen molar-refractivity contribution in [3.8, 4) is 28.0 Å². The number of nitrogens with two attached hydrogens (primary N) is 1. The van der Waals surface area contributed by atoms with Crippen LogP contribution in [0.25, 0.3) is 22.3 Å². The van der Waals surface area contributed by atoms with Crippen LogP contribution >= 0.6 is 0 Å². The third kappa shape index (κ3) is 5.25. The Hall–Kier alpha value is -4.19. The smallest absolute Gasteiger partial charge is 0.255 e. The fourth-order valence-electron chi connectivity index (χ4n) is 4.00. The molecule has 0 saturated heterocycles. The Morgan fingerprint density at radius 1 is 0.895 bits per heavy atom. The van der Waals surface area contributed by atoms with E-state index >= 15 is 0 Å². The summed E-state index contributed by atoms with van der Waals surface area (Å²) in [5.74, 6) is -4.88. The van der Waals surface area contributed by atoms with Crippen LogP contribution in [0.1, 0.15) is 15.9 Å². The van der Waals surface area contributed by atoms with Gasteiger partial charge in [0, 0.05) is 22.9 Å². The summed E-state index contributed by atoms with van der Waals surface area (Å²) in [6.07, 6.45) is 0. The number of halogens is 3. The molecule has 0 aromatic heterocycles. The Morgan fingerprint density at radius 2 is 1.55 bits per heavy atom. The van der Waals surface area contributed by atoms with Gasteiger partial charge in [0.1, 0.15) is 10.6 Å². The molecule has 0 heterocycles. The molecule has 4 rings (SSSR count). The van der Waals surface area contributed by atoms with Gasteiger partial charge in [0.25, 0.3) is 5.91 Å². The lowest BCUT2D eigenvalue weighted by Gasteiger charge is -2.16. The summed E-state index contributed by atoms with van der Waals surface area (Å²) in [5, 5.41) is 17.8. The zero-order valence-electron chi connectivity index (χ0n) is 19.8. The van der Waals surface area contributed by atoms with Gasteiger partial charge >= 0.3 is 0 Å². The summed E-state index contributed by atoms with van der Waals surface area (Å²) in [7, 11) is -2.79. The number of carbonyl (C=O) groups is 1. The number of rotatable bonds is 7. The van der Waals surface area contributed by atoms with Gasteiger partial charge < -0.3 is 15.2 Å². The average Bonchev–Trinajstić information content (AvgIpc) is 2.90. The second-order valence-electron chi connectivity index (χ2n) is 8.16. The molecule has 7 nitrogen and oxygen atoms in total. The molecule has 0 radical (unpaired) electrons. The third-order valence-corrected chi connectivity index (χ3v) is 6.76. The first-order valence-corrected chi connectivity index (χ1v) is 12.6. The Kier molecular flexibility index (Phi) is 7.53. The lowest BCUT2D eigenvalue weighted by atomic mass is 9.90. The Morgan fingerprint density at radius 3 is 2.18 bits per heavy atom. The highest BCUT2D eigenvalue weighted by Crippen LogP contribution is 2.37. The molecule has 0 atom stereocenters. The molecule has 0 aliphatic rings. The van der Waals surface area contributed by atoms with Crippen LogP contribution in [-0.4, -0.2) is 26.5 Å². The topological polar surface area (TPSA) is 119 Å². The second-order valence-corrected chi connectivity index (χ2v) is 9.69. The van der Waals surface area contributed by atoms with Gasteiger partial charge in [-0.05, 0) is 58.7 Å². The van der Waals surface area contributed by atoms with Crippen molar-refractivity contribution in [3.05, 3.63) is 101 Å². The minimum absolute atomic E-state index is 0.0576. The molecule has 0 aliphatic carbocycles. The maximum absolute atomic E-state index is 14.6. The van der Waals surface area contributed by atoms with E-state index in [1.54, 1.807) is 24.3 Å². The quantitative estimate of drug-likeness (QED) is 0.289. The highest BCUT2D eigenvalue weighted by Gasteiger charge is 2.20. The van der Waals surface area contributed by atoms with Crippen molar-refractivity contribution in [3.63, 3.8) is 0 Å². The molecule has 4 aromatic rings. The fourth-order valence-corrected chi connectivity index (χ4v) is 4.68. The summed E-state index contributed by atoms with van der Waals surface area (Å²) in [6, 6.07) is 16.7. The number of carbonyl (C=O) groups excluding carboxylic acids is 1. The highest BCUT2D eigenvalue weighted by atomic mass is 32.2. The lowest BCUT2D eigenvalue weighted by Crippen LogP contribution is -2.15. The van der Waals surface area contributed by atoms with Crippen LogP contribution < -0.4 is 15.2 Å². The largest absolute Gasteiger partial charge is 0.495 e. The molecule has 196 valence electrons. The maximum Gasteiger partial charge on any atom is 0.255 e. The number of primary sulfonamides is 1. The van der Waals surface area contributed by atoms with Crippen LogP contribution in [0, 0.1) is 17.5 Å². The summed E-state index contributed by atoms with van der Waals surface area (Å²) < 4.78 is 70.4. The molecular formula is C27H21F3N2O5S. The molecule has 0 fully saturated rings. The van der Waals surface area contributed by atoms with Crippen LogP contribution in [-0.2, 0) is 16.6 Å². The van der Waals surface area contributed by atoms with Crippen molar-refractivity contribution in [1.82, 2.24) is 0 Å². The first kappa shape index (κ1) is 26.9. The van der Waals surface area contributed by atoms with E-state index in [4.69, 9.17) is 9.88 Å². The minimum Gasteiger partial charge on any atom is -0.495 e. The fraction of sp³-hybridized carbons (Fsp3) is 0.0741. The van der Waals surface area contributed by atoms with Gasteiger partial charge in [0.15, 0.2) is 17.5 Å². The van der Waals surface area contributed by atoms with E-state index in [-0.39, 0.29) is 33.0 Å². The first-order valence-electron chi connectivity index (χ1n) is 11.0. The molecule has 1 amide bonds. The van der Waals surface area contributed by atoms with E-state index in [2.05, 4.69) is 5.32 Å². The Bertz CT molecular complexity index is 1660. The summed E-state index contributed by atoms with van der Waals surface area (Å²) >= 11 is 0. The average molecular weight is 543 g/mol. The maximum atomic E-state index is 14.6. The van der Waals surface area contributed by atoms with E-state index in [0.717, 1.165) is 12.1 Å². The normalized spacial score (nSPS) is 11.3. The molecule has 0 bridgehead atoms. The van der Waals surface area contributed by atoms with Gasteiger partial charge in [-0.2, -0.15) is 0 Å². The van der Waals surface area contributed by atoms with Crippen LogP contribution in [0.5, 0.6) is 5.75 Å². The molecule has 0 aliphatic heterocycles. The van der Waals surface area contributed by atoms with Crippen LogP contribution in [0.2, 0.25) is 0 Å². The van der Waals surface area contributed by atoms with Crippen molar-refractivity contribution in [1.29, 1.82) is 0 Å². The Labute approximate surface area is 216 Å². The predicted octanol–water partition coefficient (Wildman–Crippen LogP) is 4.84. The number of ether oxygens (including phenoxy) is 1. The third-order valence-electron chi connectivity index (χ3n) is 5.81. The summed E-state index contributed by atoms with van der Waals surface area (Å²) in [6.45, 7) is -0.484. The zero-order valence-corrected chi connectivity index (χ0v) is 20.7. The molecule has 4 N–H and O–H groups in total. The van der Waals surface area contributed by atoms with Crippen LogP contribution in [0.4, 0.5) is 18.9 Å². The van der Waals surface area contributed by atoms with E-state index < -0.39 is 40.0 Å². The van der Waals surface area contributed by atoms with Crippen molar-refractivity contribution < 1.29 is 36.2 Å². The van der Waals surface area contributed by atoms with Gasteiger partial charge in [-0.1, -0.05) is 30.3 Å². The molecule has 0 spiro atoms. The van der Waals surface area contributed by atoms with Crippen LogP contribution in [0.15, 0.2) is 77.7 Å². The van der Waals surface area contributed by atoms with E-state index in [9.17, 15) is 31.5 Å². The monoisotopic (exact) mass is 542 g/mol. The van der Waals surface area contributed by atoms with Gasteiger partial charge in [-0.25, -0.2) is 26.7 Å². The number of nitrogens with one attached hydrogen (secondary N) is 1. The van der Waals surface area contributed by atoms with Gasteiger partial charge in [0.2, 0.25) is 10.0 Å². The Balaban J connectivity index is 1.70. The number of benzene rings is 4. The van der Waals surface area contributed by atoms with Gasteiger partial charge in [0.05, 0.1) is 13.7 Å². The molecular weight excluding hydrogens is 521 g/mol. The minimum atomic E-state index is -4.04. The van der Waals surface area contributed by atoms with Gasteiger partial charge in [-0.15, -0.1) is 0 Å². The molecule has 38 heavy (non-hydrogen) atoms. The number of hydrogen-bond acceptors (Lipinski definition) is 5. The SMILES string of the molecule is COc1cc(NC(=O)c2ccc(-c3ccccc3-c3ccc(F)c(F)c3F)c(CO)c2)ccc1S(N)(=O)=O. The number of sulfonamides is 1.